The lowest BCUT2D eigenvalue weighted by atomic mass is 10.1. The first-order chi connectivity index (χ1) is 9.27. The minimum Gasteiger partial charge on any atom is -0.480 e. The Labute approximate surface area is 159 Å². The zero-order valence-corrected chi connectivity index (χ0v) is 17.5. The molecule has 0 saturated heterocycles. The van der Waals surface area contributed by atoms with E-state index in [-0.39, 0.29) is 18.5 Å². The monoisotopic (exact) mass is 613 g/mol. The SMILES string of the molecule is CCC(C)N(CC(=O)O)C(=O)c1cc(I)cc(I)c1I. The average molecular weight is 613 g/mol. The summed E-state index contributed by atoms with van der Waals surface area (Å²) in [6.45, 7) is 3.54. The number of carbonyl (C=O) groups excluding carboxylic acids is 1. The van der Waals surface area contributed by atoms with Crippen LogP contribution in [-0.4, -0.2) is 34.5 Å². The van der Waals surface area contributed by atoms with Crippen molar-refractivity contribution in [2.75, 3.05) is 6.54 Å². The molecule has 1 N–H and O–H groups in total. The fourth-order valence-corrected chi connectivity index (χ4v) is 4.05. The molecule has 1 atom stereocenters. The molecule has 0 radical (unpaired) electrons. The van der Waals surface area contributed by atoms with Crippen LogP contribution in [0.15, 0.2) is 12.1 Å². The topological polar surface area (TPSA) is 57.6 Å². The molecule has 0 aliphatic rings. The van der Waals surface area contributed by atoms with Crippen LogP contribution in [0.1, 0.15) is 30.6 Å². The highest BCUT2D eigenvalue weighted by Crippen LogP contribution is 2.24. The third-order valence-corrected chi connectivity index (χ3v) is 6.58. The zero-order valence-electron chi connectivity index (χ0n) is 11.0. The van der Waals surface area contributed by atoms with Gasteiger partial charge in [-0.05, 0) is 93.2 Å². The van der Waals surface area contributed by atoms with Gasteiger partial charge in [-0.25, -0.2) is 0 Å². The van der Waals surface area contributed by atoms with E-state index in [9.17, 15) is 9.59 Å². The van der Waals surface area contributed by atoms with E-state index in [4.69, 9.17) is 5.11 Å². The maximum Gasteiger partial charge on any atom is 0.323 e. The first-order valence-electron chi connectivity index (χ1n) is 5.95. The number of halogens is 3. The molecule has 7 heteroatoms. The Morgan fingerprint density at radius 3 is 2.40 bits per heavy atom. The zero-order chi connectivity index (χ0) is 15.4. The molecule has 0 bridgehead atoms. The molecule has 0 heterocycles. The quantitative estimate of drug-likeness (QED) is 0.407. The van der Waals surface area contributed by atoms with Crippen molar-refractivity contribution in [3.63, 3.8) is 0 Å². The van der Waals surface area contributed by atoms with E-state index in [1.165, 1.54) is 4.90 Å². The standard InChI is InChI=1S/C13H14I3NO3/c1-3-7(2)17(6-11(18)19)13(20)9-4-8(14)5-10(15)12(9)16/h4-5,7H,3,6H2,1-2H3,(H,18,19). The van der Waals surface area contributed by atoms with Crippen molar-refractivity contribution in [1.82, 2.24) is 4.90 Å². The van der Waals surface area contributed by atoms with E-state index in [1.807, 2.05) is 26.0 Å². The van der Waals surface area contributed by atoms with E-state index in [2.05, 4.69) is 67.8 Å². The number of amides is 1. The van der Waals surface area contributed by atoms with Crippen molar-refractivity contribution in [1.29, 1.82) is 0 Å². The molecular formula is C13H14I3NO3. The van der Waals surface area contributed by atoms with Crippen LogP contribution < -0.4 is 0 Å². The van der Waals surface area contributed by atoms with E-state index in [0.29, 0.717) is 5.56 Å². The molecule has 1 aromatic carbocycles. The lowest BCUT2D eigenvalue weighted by Crippen LogP contribution is -2.42. The molecule has 0 aromatic heterocycles. The molecule has 0 aliphatic heterocycles. The molecule has 1 unspecified atom stereocenters. The molecule has 0 spiro atoms. The Kier molecular flexibility index (Phi) is 7.46. The second kappa shape index (κ2) is 8.11. The number of carboxylic acids is 1. The molecular weight excluding hydrogens is 599 g/mol. The van der Waals surface area contributed by atoms with Crippen LogP contribution in [0.2, 0.25) is 0 Å². The number of carbonyl (C=O) groups is 2. The minimum absolute atomic E-state index is 0.107. The number of benzene rings is 1. The molecule has 1 amide bonds. The van der Waals surface area contributed by atoms with Gasteiger partial charge in [0.05, 0.1) is 5.56 Å². The van der Waals surface area contributed by atoms with Crippen molar-refractivity contribution in [2.24, 2.45) is 0 Å². The van der Waals surface area contributed by atoms with Gasteiger partial charge in [0.2, 0.25) is 0 Å². The largest absolute Gasteiger partial charge is 0.480 e. The van der Waals surface area contributed by atoms with Crippen LogP contribution >= 0.6 is 67.8 Å². The molecule has 4 nitrogen and oxygen atoms in total. The molecule has 110 valence electrons. The lowest BCUT2D eigenvalue weighted by Gasteiger charge is -2.27. The molecule has 0 saturated carbocycles. The summed E-state index contributed by atoms with van der Waals surface area (Å²) < 4.78 is 2.83. The Balaban J connectivity index is 3.21. The maximum atomic E-state index is 12.7. The number of hydrogen-bond donors (Lipinski definition) is 1. The normalized spacial score (nSPS) is 12.1. The van der Waals surface area contributed by atoms with E-state index in [0.717, 1.165) is 17.1 Å². The molecule has 0 aliphatic carbocycles. The highest BCUT2D eigenvalue weighted by atomic mass is 127. The third-order valence-electron chi connectivity index (χ3n) is 2.91. The second-order valence-corrected chi connectivity index (χ2v) is 7.82. The van der Waals surface area contributed by atoms with Crippen LogP contribution in [0.4, 0.5) is 0 Å². The van der Waals surface area contributed by atoms with Gasteiger partial charge in [-0.2, -0.15) is 0 Å². The van der Waals surface area contributed by atoms with Gasteiger partial charge in [-0.3, -0.25) is 9.59 Å². The van der Waals surface area contributed by atoms with Gasteiger partial charge in [0.25, 0.3) is 5.91 Å². The Morgan fingerprint density at radius 1 is 1.30 bits per heavy atom. The minimum atomic E-state index is -0.992. The van der Waals surface area contributed by atoms with Gasteiger partial charge in [0, 0.05) is 16.8 Å². The van der Waals surface area contributed by atoms with Crippen LogP contribution in [0.3, 0.4) is 0 Å². The number of hydrogen-bond acceptors (Lipinski definition) is 2. The number of aliphatic carboxylic acids is 1. The predicted molar refractivity (Wildman–Crippen MR) is 103 cm³/mol. The number of carboxylic acid groups (broad SMARTS) is 1. The Morgan fingerprint density at radius 2 is 1.90 bits per heavy atom. The maximum absolute atomic E-state index is 12.7. The molecule has 20 heavy (non-hydrogen) atoms. The molecule has 1 rings (SSSR count). The van der Waals surface area contributed by atoms with Gasteiger partial charge >= 0.3 is 5.97 Å². The van der Waals surface area contributed by atoms with Crippen molar-refractivity contribution in [3.05, 3.63) is 28.4 Å². The fourth-order valence-electron chi connectivity index (χ4n) is 1.66. The van der Waals surface area contributed by atoms with Gasteiger partial charge < -0.3 is 10.0 Å². The summed E-state index contributed by atoms with van der Waals surface area (Å²) in [6, 6.07) is 3.69. The fraction of sp³-hybridized carbons (Fsp3) is 0.385. The van der Waals surface area contributed by atoms with Crippen molar-refractivity contribution >= 4 is 79.6 Å². The van der Waals surface area contributed by atoms with Crippen LogP contribution in [-0.2, 0) is 4.79 Å². The van der Waals surface area contributed by atoms with Crippen molar-refractivity contribution in [2.45, 2.75) is 26.3 Å². The average Bonchev–Trinajstić information content (AvgIpc) is 2.38. The highest BCUT2D eigenvalue weighted by molar-refractivity contribution is 14.1. The summed E-state index contributed by atoms with van der Waals surface area (Å²) in [5, 5.41) is 9.00. The molecule has 0 fully saturated rings. The highest BCUT2D eigenvalue weighted by Gasteiger charge is 2.25. The summed E-state index contributed by atoms with van der Waals surface area (Å²) in [5.74, 6) is -1.21. The molecule has 1 aromatic rings. The predicted octanol–water partition coefficient (Wildman–Crippen LogP) is 3.83. The lowest BCUT2D eigenvalue weighted by molar-refractivity contribution is -0.138. The van der Waals surface area contributed by atoms with Gasteiger partial charge in [0.1, 0.15) is 6.54 Å². The van der Waals surface area contributed by atoms with Crippen LogP contribution in [0, 0.1) is 10.7 Å². The summed E-state index contributed by atoms with van der Waals surface area (Å²) in [6.07, 6.45) is 0.719. The Bertz CT molecular complexity index is 534. The summed E-state index contributed by atoms with van der Waals surface area (Å²) in [4.78, 5) is 25.1. The van der Waals surface area contributed by atoms with E-state index in [1.54, 1.807) is 0 Å². The van der Waals surface area contributed by atoms with Gasteiger partial charge in [-0.1, -0.05) is 6.92 Å². The first kappa shape index (κ1) is 18.4. The summed E-state index contributed by atoms with van der Waals surface area (Å²) in [5.41, 5.74) is 0.573. The third kappa shape index (κ3) is 4.68. The first-order valence-corrected chi connectivity index (χ1v) is 9.18. The number of nitrogens with zero attached hydrogens (tertiary/aromatic N) is 1. The van der Waals surface area contributed by atoms with E-state index >= 15 is 0 Å². The number of rotatable bonds is 5. The van der Waals surface area contributed by atoms with Gasteiger partial charge in [-0.15, -0.1) is 0 Å². The summed E-state index contributed by atoms with van der Waals surface area (Å²) >= 11 is 6.48. The Hall–Kier alpha value is 0.350. The van der Waals surface area contributed by atoms with E-state index < -0.39 is 5.97 Å². The van der Waals surface area contributed by atoms with Crippen molar-refractivity contribution < 1.29 is 14.7 Å². The van der Waals surface area contributed by atoms with Crippen molar-refractivity contribution in [3.8, 4) is 0 Å². The summed E-state index contributed by atoms with van der Waals surface area (Å²) in [7, 11) is 0. The smallest absolute Gasteiger partial charge is 0.323 e. The second-order valence-electron chi connectivity index (χ2n) is 4.33. The van der Waals surface area contributed by atoms with Gasteiger partial charge in [0.15, 0.2) is 0 Å². The van der Waals surface area contributed by atoms with Crippen LogP contribution in [0.5, 0.6) is 0 Å². The van der Waals surface area contributed by atoms with Crippen LogP contribution in [0.25, 0.3) is 0 Å².